The Kier molecular flexibility index (Phi) is 3.10. The van der Waals surface area contributed by atoms with E-state index < -0.39 is 0 Å². The number of aromatic nitrogens is 1. The maximum Gasteiger partial charge on any atom is 0.145 e. The van der Waals surface area contributed by atoms with Crippen molar-refractivity contribution in [2.45, 2.75) is 13.5 Å². The quantitative estimate of drug-likeness (QED) is 0.784. The van der Waals surface area contributed by atoms with Crippen molar-refractivity contribution in [2.24, 2.45) is 0 Å². The Morgan fingerprint density at radius 1 is 1.25 bits per heavy atom. The van der Waals surface area contributed by atoms with Crippen LogP contribution < -0.4 is 5.32 Å². The molecule has 0 unspecified atom stereocenters. The van der Waals surface area contributed by atoms with Gasteiger partial charge in [0.05, 0.1) is 17.6 Å². The number of benzene rings is 1. The Balaban J connectivity index is 1.92. The number of hydrogen-bond donors (Lipinski definition) is 1. The van der Waals surface area contributed by atoms with Gasteiger partial charge in [0.15, 0.2) is 0 Å². The van der Waals surface area contributed by atoms with Gasteiger partial charge in [-0.25, -0.2) is 4.98 Å². The molecule has 3 rings (SSSR count). The summed E-state index contributed by atoms with van der Waals surface area (Å²) in [6, 6.07) is 15.6. The van der Waals surface area contributed by atoms with Crippen molar-refractivity contribution in [1.82, 2.24) is 4.98 Å². The molecule has 0 bridgehead atoms. The van der Waals surface area contributed by atoms with Gasteiger partial charge in [-0.2, -0.15) is 5.26 Å². The second-order valence-electron chi connectivity index (χ2n) is 4.55. The van der Waals surface area contributed by atoms with Crippen LogP contribution in [0.2, 0.25) is 0 Å². The zero-order chi connectivity index (χ0) is 13.9. The SMILES string of the molecule is Cc1ccc(CNc2nc3ccccc3cc2C#N)o1. The van der Waals surface area contributed by atoms with Gasteiger partial charge >= 0.3 is 0 Å². The standard InChI is InChI=1S/C16H13N3O/c1-11-6-7-14(20-11)10-18-16-13(9-17)8-12-4-2-3-5-15(12)19-16/h2-8H,10H2,1H3,(H,18,19). The molecular weight excluding hydrogens is 250 g/mol. The number of aryl methyl sites for hydroxylation is 1. The second-order valence-corrected chi connectivity index (χ2v) is 4.55. The van der Waals surface area contributed by atoms with Crippen LogP contribution in [0.15, 0.2) is 46.9 Å². The molecule has 4 heteroatoms. The second kappa shape index (κ2) is 5.06. The van der Waals surface area contributed by atoms with Crippen molar-refractivity contribution in [1.29, 1.82) is 5.26 Å². The normalized spacial score (nSPS) is 10.4. The lowest BCUT2D eigenvalue weighted by Gasteiger charge is -2.07. The maximum atomic E-state index is 9.23. The predicted octanol–water partition coefficient (Wildman–Crippen LogP) is 3.62. The summed E-state index contributed by atoms with van der Waals surface area (Å²) < 4.78 is 5.49. The molecule has 0 saturated carbocycles. The molecule has 0 saturated heterocycles. The average molecular weight is 263 g/mol. The van der Waals surface area contributed by atoms with Crippen molar-refractivity contribution in [3.63, 3.8) is 0 Å². The summed E-state index contributed by atoms with van der Waals surface area (Å²) in [4.78, 5) is 4.49. The third kappa shape index (κ3) is 2.34. The van der Waals surface area contributed by atoms with Crippen LogP contribution >= 0.6 is 0 Å². The Hall–Kier alpha value is -2.80. The first-order chi connectivity index (χ1) is 9.76. The molecule has 0 amide bonds. The summed E-state index contributed by atoms with van der Waals surface area (Å²) in [6.07, 6.45) is 0. The van der Waals surface area contributed by atoms with E-state index in [9.17, 15) is 5.26 Å². The number of nitrogens with zero attached hydrogens (tertiary/aromatic N) is 2. The fourth-order valence-corrected chi connectivity index (χ4v) is 2.09. The number of rotatable bonds is 3. The van der Waals surface area contributed by atoms with Gasteiger partial charge < -0.3 is 9.73 Å². The van der Waals surface area contributed by atoms with E-state index in [2.05, 4.69) is 16.4 Å². The van der Waals surface area contributed by atoms with Crippen LogP contribution in [0.5, 0.6) is 0 Å². The van der Waals surface area contributed by atoms with Crippen LogP contribution in [0.4, 0.5) is 5.82 Å². The maximum absolute atomic E-state index is 9.23. The number of nitriles is 1. The first-order valence-electron chi connectivity index (χ1n) is 6.35. The highest BCUT2D eigenvalue weighted by Crippen LogP contribution is 2.20. The number of furan rings is 1. The first kappa shape index (κ1) is 12.2. The minimum atomic E-state index is 0.508. The molecule has 2 aromatic heterocycles. The molecule has 0 aliphatic carbocycles. The molecule has 0 aliphatic rings. The van der Waals surface area contributed by atoms with E-state index in [0.29, 0.717) is 17.9 Å². The molecule has 20 heavy (non-hydrogen) atoms. The van der Waals surface area contributed by atoms with E-state index in [-0.39, 0.29) is 0 Å². The van der Waals surface area contributed by atoms with Crippen LogP contribution in [0.1, 0.15) is 17.1 Å². The van der Waals surface area contributed by atoms with E-state index >= 15 is 0 Å². The van der Waals surface area contributed by atoms with Crippen molar-refractivity contribution in [3.05, 3.63) is 59.5 Å². The number of nitrogens with one attached hydrogen (secondary N) is 1. The molecule has 3 aromatic rings. The lowest BCUT2D eigenvalue weighted by atomic mass is 10.1. The Morgan fingerprint density at radius 2 is 2.10 bits per heavy atom. The summed E-state index contributed by atoms with van der Waals surface area (Å²) in [5.41, 5.74) is 1.40. The van der Waals surface area contributed by atoms with Gasteiger partial charge in [-0.05, 0) is 31.2 Å². The van der Waals surface area contributed by atoms with Gasteiger partial charge in [-0.15, -0.1) is 0 Å². The number of fused-ring (bicyclic) bond motifs is 1. The van der Waals surface area contributed by atoms with Crippen LogP contribution in [-0.2, 0) is 6.54 Å². The smallest absolute Gasteiger partial charge is 0.145 e. The fourth-order valence-electron chi connectivity index (χ4n) is 2.09. The zero-order valence-electron chi connectivity index (χ0n) is 11.1. The lowest BCUT2D eigenvalue weighted by molar-refractivity contribution is 0.490. The van der Waals surface area contributed by atoms with E-state index in [4.69, 9.17) is 4.42 Å². The molecule has 1 N–H and O–H groups in total. The molecule has 0 aliphatic heterocycles. The van der Waals surface area contributed by atoms with Gasteiger partial charge in [0.2, 0.25) is 0 Å². The van der Waals surface area contributed by atoms with Crippen LogP contribution in [0.3, 0.4) is 0 Å². The molecular formula is C16H13N3O. The van der Waals surface area contributed by atoms with E-state index in [1.165, 1.54) is 0 Å². The Labute approximate surface area is 116 Å². The summed E-state index contributed by atoms with van der Waals surface area (Å²) in [5, 5.41) is 13.3. The zero-order valence-corrected chi connectivity index (χ0v) is 11.1. The fraction of sp³-hybridized carbons (Fsp3) is 0.125. The van der Waals surface area contributed by atoms with Crippen molar-refractivity contribution in [2.75, 3.05) is 5.32 Å². The summed E-state index contributed by atoms with van der Waals surface area (Å²) in [5.74, 6) is 2.27. The third-order valence-electron chi connectivity index (χ3n) is 3.07. The minimum Gasteiger partial charge on any atom is -0.465 e. The van der Waals surface area contributed by atoms with Gasteiger partial charge in [0.1, 0.15) is 23.4 Å². The molecule has 2 heterocycles. The highest BCUT2D eigenvalue weighted by molar-refractivity contribution is 5.82. The largest absolute Gasteiger partial charge is 0.465 e. The van der Waals surface area contributed by atoms with E-state index in [0.717, 1.165) is 22.4 Å². The Bertz CT molecular complexity index is 799. The molecule has 1 aromatic carbocycles. The van der Waals surface area contributed by atoms with Crippen LogP contribution in [0.25, 0.3) is 10.9 Å². The van der Waals surface area contributed by atoms with Gasteiger partial charge in [-0.3, -0.25) is 0 Å². The molecule has 0 radical (unpaired) electrons. The van der Waals surface area contributed by atoms with Crippen molar-refractivity contribution in [3.8, 4) is 6.07 Å². The number of pyridine rings is 1. The predicted molar refractivity (Wildman–Crippen MR) is 77.2 cm³/mol. The van der Waals surface area contributed by atoms with Crippen molar-refractivity contribution < 1.29 is 4.42 Å². The van der Waals surface area contributed by atoms with Crippen LogP contribution in [0, 0.1) is 18.3 Å². The highest BCUT2D eigenvalue weighted by Gasteiger charge is 2.07. The first-order valence-corrected chi connectivity index (χ1v) is 6.35. The monoisotopic (exact) mass is 263 g/mol. The molecule has 0 atom stereocenters. The van der Waals surface area contributed by atoms with Gasteiger partial charge in [0.25, 0.3) is 0 Å². The summed E-state index contributed by atoms with van der Waals surface area (Å²) in [7, 11) is 0. The molecule has 0 spiro atoms. The number of hydrogen-bond acceptors (Lipinski definition) is 4. The topological polar surface area (TPSA) is 61.9 Å². The minimum absolute atomic E-state index is 0.508. The molecule has 98 valence electrons. The highest BCUT2D eigenvalue weighted by atomic mass is 16.3. The average Bonchev–Trinajstić information content (AvgIpc) is 2.89. The lowest BCUT2D eigenvalue weighted by Crippen LogP contribution is -2.03. The Morgan fingerprint density at radius 3 is 2.85 bits per heavy atom. The number of para-hydroxylation sites is 1. The van der Waals surface area contributed by atoms with Crippen molar-refractivity contribution >= 4 is 16.7 Å². The van der Waals surface area contributed by atoms with Crippen LogP contribution in [-0.4, -0.2) is 4.98 Å². The summed E-state index contributed by atoms with van der Waals surface area (Å²) >= 11 is 0. The number of anilines is 1. The van der Waals surface area contributed by atoms with Gasteiger partial charge in [-0.1, -0.05) is 18.2 Å². The van der Waals surface area contributed by atoms with Gasteiger partial charge in [0, 0.05) is 5.39 Å². The van der Waals surface area contributed by atoms with E-state index in [1.807, 2.05) is 49.4 Å². The summed E-state index contributed by atoms with van der Waals surface area (Å²) in [6.45, 7) is 2.41. The molecule has 4 nitrogen and oxygen atoms in total. The molecule has 0 fully saturated rings. The van der Waals surface area contributed by atoms with E-state index in [1.54, 1.807) is 0 Å². The third-order valence-corrected chi connectivity index (χ3v) is 3.07.